The summed E-state index contributed by atoms with van der Waals surface area (Å²) in [5.41, 5.74) is 0.967. The predicted octanol–water partition coefficient (Wildman–Crippen LogP) is 3.60. The molecule has 2 aromatic carbocycles. The molecule has 0 amide bonds. The third-order valence-corrected chi connectivity index (χ3v) is 5.30. The van der Waals surface area contributed by atoms with Crippen LogP contribution in [0, 0.1) is 11.6 Å². The minimum atomic E-state index is -0.946. The second kappa shape index (κ2) is 7.66. The van der Waals surface area contributed by atoms with E-state index in [9.17, 15) is 8.78 Å². The van der Waals surface area contributed by atoms with Crippen molar-refractivity contribution in [2.24, 2.45) is 0 Å². The lowest BCUT2D eigenvalue weighted by Crippen LogP contribution is -2.32. The molecule has 7 nitrogen and oxygen atoms in total. The first-order chi connectivity index (χ1) is 14.6. The maximum atomic E-state index is 13.5. The number of nitrogens with zero attached hydrogens (tertiary/aromatic N) is 2. The number of rotatable bonds is 5. The molecule has 2 saturated heterocycles. The lowest BCUT2D eigenvalue weighted by molar-refractivity contribution is 0.0298. The van der Waals surface area contributed by atoms with Crippen LogP contribution in [0.4, 0.5) is 20.3 Å². The molecule has 2 aliphatic heterocycles. The van der Waals surface area contributed by atoms with Gasteiger partial charge in [-0.3, -0.25) is 0 Å². The number of hydrogen-bond acceptors (Lipinski definition) is 7. The third-order valence-electron chi connectivity index (χ3n) is 5.30. The molecule has 0 aliphatic carbocycles. The summed E-state index contributed by atoms with van der Waals surface area (Å²) in [6.45, 7) is 1.11. The van der Waals surface area contributed by atoms with Crippen molar-refractivity contribution in [3.63, 3.8) is 0 Å². The van der Waals surface area contributed by atoms with Gasteiger partial charge in [0, 0.05) is 29.8 Å². The lowest BCUT2D eigenvalue weighted by Gasteiger charge is -2.20. The Bertz CT molecular complexity index is 1100. The fourth-order valence-electron chi connectivity index (χ4n) is 3.82. The highest BCUT2D eigenvalue weighted by Crippen LogP contribution is 2.37. The molecular weight excluding hydrogens is 396 g/mol. The number of anilines is 2. The van der Waals surface area contributed by atoms with Crippen molar-refractivity contribution < 1.29 is 27.7 Å². The number of ether oxygens (including phenoxy) is 4. The number of nitrogens with one attached hydrogen (secondary N) is 1. The van der Waals surface area contributed by atoms with E-state index >= 15 is 0 Å². The Morgan fingerprint density at radius 3 is 2.80 bits per heavy atom. The normalized spacial score (nSPS) is 22.8. The maximum absolute atomic E-state index is 13.5. The van der Waals surface area contributed by atoms with Crippen molar-refractivity contribution in [2.45, 2.75) is 24.7 Å². The van der Waals surface area contributed by atoms with Crippen LogP contribution < -0.4 is 14.8 Å². The second-order valence-electron chi connectivity index (χ2n) is 7.15. The highest BCUT2D eigenvalue weighted by Gasteiger charge is 2.43. The molecule has 2 fully saturated rings. The first kappa shape index (κ1) is 19.0. The van der Waals surface area contributed by atoms with Crippen LogP contribution in [0.1, 0.15) is 6.42 Å². The molecule has 3 aromatic rings. The van der Waals surface area contributed by atoms with Crippen LogP contribution in [0.3, 0.4) is 0 Å². The van der Waals surface area contributed by atoms with Gasteiger partial charge in [-0.25, -0.2) is 18.7 Å². The van der Waals surface area contributed by atoms with Gasteiger partial charge in [-0.1, -0.05) is 0 Å². The molecule has 1 unspecified atom stereocenters. The van der Waals surface area contributed by atoms with E-state index in [0.717, 1.165) is 18.6 Å². The molecule has 0 radical (unpaired) electrons. The Morgan fingerprint density at radius 1 is 1.07 bits per heavy atom. The van der Waals surface area contributed by atoms with Crippen molar-refractivity contribution in [2.75, 3.05) is 25.6 Å². The summed E-state index contributed by atoms with van der Waals surface area (Å²) < 4.78 is 49.9. The van der Waals surface area contributed by atoms with E-state index in [1.54, 1.807) is 19.2 Å². The second-order valence-corrected chi connectivity index (χ2v) is 7.15. The van der Waals surface area contributed by atoms with Crippen LogP contribution in [0.25, 0.3) is 10.9 Å². The van der Waals surface area contributed by atoms with Gasteiger partial charge in [-0.2, -0.15) is 0 Å². The average Bonchev–Trinajstić information content (AvgIpc) is 3.36. The van der Waals surface area contributed by atoms with Gasteiger partial charge in [-0.05, 0) is 24.6 Å². The molecule has 0 saturated carbocycles. The Labute approximate surface area is 170 Å². The Morgan fingerprint density at radius 2 is 1.97 bits per heavy atom. The minimum absolute atomic E-state index is 0.0654. The van der Waals surface area contributed by atoms with Gasteiger partial charge in [0.1, 0.15) is 18.2 Å². The quantitative estimate of drug-likeness (QED) is 0.683. The zero-order valence-corrected chi connectivity index (χ0v) is 16.1. The number of fused-ring (bicyclic) bond motifs is 2. The maximum Gasteiger partial charge on any atom is 0.164 e. The van der Waals surface area contributed by atoms with Crippen LogP contribution in [-0.4, -0.2) is 48.6 Å². The van der Waals surface area contributed by atoms with E-state index in [1.807, 2.05) is 0 Å². The van der Waals surface area contributed by atoms with Gasteiger partial charge in [0.25, 0.3) is 0 Å². The van der Waals surface area contributed by atoms with E-state index in [0.29, 0.717) is 47.1 Å². The van der Waals surface area contributed by atoms with E-state index in [1.165, 1.54) is 12.4 Å². The average molecular weight is 415 g/mol. The van der Waals surface area contributed by atoms with Crippen LogP contribution in [0.5, 0.6) is 11.5 Å². The molecule has 3 heterocycles. The summed E-state index contributed by atoms with van der Waals surface area (Å²) in [5.74, 6) is -0.419. The van der Waals surface area contributed by atoms with Crippen LogP contribution in [0.2, 0.25) is 0 Å². The standard InChI is InChI=1S/C21H19F2N3O4/c1-27-17-7-12-15(8-18(17)30-19-9-29-16-4-5-28-20(16)19)24-10-25-21(12)26-11-2-3-13(22)14(23)6-11/h2-3,6-8,10,16,19-20H,4-5,9H2,1H3,(H,24,25,26)/t16?,19-,20-/m1/s1. The van der Waals surface area contributed by atoms with Crippen LogP contribution >= 0.6 is 0 Å². The first-order valence-electron chi connectivity index (χ1n) is 9.57. The molecule has 30 heavy (non-hydrogen) atoms. The Balaban J connectivity index is 1.47. The van der Waals surface area contributed by atoms with Crippen molar-refractivity contribution in [3.8, 4) is 11.5 Å². The molecule has 156 valence electrons. The smallest absolute Gasteiger partial charge is 0.164 e. The fraction of sp³-hybridized carbons (Fsp3) is 0.333. The molecule has 9 heteroatoms. The fourth-order valence-corrected chi connectivity index (χ4v) is 3.82. The van der Waals surface area contributed by atoms with Gasteiger partial charge in [0.15, 0.2) is 29.2 Å². The van der Waals surface area contributed by atoms with Gasteiger partial charge in [0.2, 0.25) is 0 Å². The molecule has 1 aromatic heterocycles. The van der Waals surface area contributed by atoms with Crippen LogP contribution in [-0.2, 0) is 9.47 Å². The van der Waals surface area contributed by atoms with Crippen LogP contribution in [0.15, 0.2) is 36.7 Å². The molecule has 3 atom stereocenters. The van der Waals surface area contributed by atoms with Crippen molar-refractivity contribution in [1.29, 1.82) is 0 Å². The summed E-state index contributed by atoms with van der Waals surface area (Å²) in [4.78, 5) is 8.54. The molecule has 5 rings (SSSR count). The lowest BCUT2D eigenvalue weighted by atomic mass is 10.1. The predicted molar refractivity (Wildman–Crippen MR) is 104 cm³/mol. The third kappa shape index (κ3) is 3.40. The number of aromatic nitrogens is 2. The number of benzene rings is 2. The van der Waals surface area contributed by atoms with Gasteiger partial charge in [-0.15, -0.1) is 0 Å². The SMILES string of the molecule is COc1cc2c(Nc3ccc(F)c(F)c3)ncnc2cc1O[C@@H]1COC2CCO[C@H]21. The van der Waals surface area contributed by atoms with Crippen molar-refractivity contribution in [1.82, 2.24) is 9.97 Å². The van der Waals surface area contributed by atoms with Gasteiger partial charge < -0.3 is 24.3 Å². The number of hydrogen-bond donors (Lipinski definition) is 1. The van der Waals surface area contributed by atoms with E-state index in [-0.39, 0.29) is 18.3 Å². The number of methoxy groups -OCH3 is 1. The summed E-state index contributed by atoms with van der Waals surface area (Å²) in [7, 11) is 1.54. The largest absolute Gasteiger partial charge is 0.493 e. The van der Waals surface area contributed by atoms with Gasteiger partial charge >= 0.3 is 0 Å². The summed E-state index contributed by atoms with van der Waals surface area (Å²) >= 11 is 0. The Kier molecular flexibility index (Phi) is 4.84. The first-order valence-corrected chi connectivity index (χ1v) is 9.57. The highest BCUT2D eigenvalue weighted by atomic mass is 19.2. The molecule has 2 aliphatic rings. The monoisotopic (exact) mass is 415 g/mol. The van der Waals surface area contributed by atoms with Crippen molar-refractivity contribution in [3.05, 3.63) is 48.3 Å². The minimum Gasteiger partial charge on any atom is -0.493 e. The molecule has 0 bridgehead atoms. The zero-order valence-electron chi connectivity index (χ0n) is 16.1. The number of halogens is 2. The molecule has 1 N–H and O–H groups in total. The van der Waals surface area contributed by atoms with E-state index < -0.39 is 11.6 Å². The van der Waals surface area contributed by atoms with Gasteiger partial charge in [0.05, 0.1) is 25.3 Å². The molecule has 0 spiro atoms. The summed E-state index contributed by atoms with van der Waals surface area (Å²) in [6.07, 6.45) is 1.99. The summed E-state index contributed by atoms with van der Waals surface area (Å²) in [6, 6.07) is 7.05. The van der Waals surface area contributed by atoms with Crippen molar-refractivity contribution >= 4 is 22.4 Å². The molecular formula is C21H19F2N3O4. The summed E-state index contributed by atoms with van der Waals surface area (Å²) in [5, 5.41) is 3.64. The highest BCUT2D eigenvalue weighted by molar-refractivity contribution is 5.93. The topological polar surface area (TPSA) is 74.7 Å². The Hall–Kier alpha value is -3.04. The van der Waals surface area contributed by atoms with E-state index in [4.69, 9.17) is 18.9 Å². The van der Waals surface area contributed by atoms with E-state index in [2.05, 4.69) is 15.3 Å². The zero-order chi connectivity index (χ0) is 20.7.